The van der Waals surface area contributed by atoms with Crippen LogP contribution in [-0.4, -0.2) is 22.0 Å². The number of hydrogen-bond donors (Lipinski definition) is 2. The number of hydrogen-bond acceptors (Lipinski definition) is 6. The molecule has 7 nitrogen and oxygen atoms in total. The molecule has 1 aromatic heterocycles. The lowest BCUT2D eigenvalue weighted by atomic mass is 10.3. The fraction of sp³-hybridized carbons (Fsp3) is 0.0625. The number of nitrogens with zero attached hydrogens (tertiary/aromatic N) is 4. The van der Waals surface area contributed by atoms with Crippen molar-refractivity contribution in [2.24, 2.45) is 10.2 Å². The molecular weight excluding hydrogens is 294 g/mol. The highest BCUT2D eigenvalue weighted by Gasteiger charge is 2.16. The quantitative estimate of drug-likeness (QED) is 0.719. The standard InChI is InChI=1S/C16H15N5O2/c1-23-13-9-7-11(8-10-13)18-19-16-14(22)15(17)20-21(16)12-5-3-2-4-6-12/h2-10,22H,1H3,(H2,17,20). The molecule has 0 aliphatic carbocycles. The summed E-state index contributed by atoms with van der Waals surface area (Å²) in [4.78, 5) is 0. The van der Waals surface area contributed by atoms with E-state index in [2.05, 4.69) is 15.3 Å². The van der Waals surface area contributed by atoms with Crippen LogP contribution in [0.1, 0.15) is 0 Å². The van der Waals surface area contributed by atoms with Crippen LogP contribution in [0.4, 0.5) is 17.3 Å². The molecule has 0 amide bonds. The van der Waals surface area contributed by atoms with Crippen LogP contribution in [-0.2, 0) is 0 Å². The normalized spacial score (nSPS) is 11.0. The summed E-state index contributed by atoms with van der Waals surface area (Å²) in [6.45, 7) is 0. The number of methoxy groups -OCH3 is 1. The van der Waals surface area contributed by atoms with Gasteiger partial charge in [-0.2, -0.15) is 0 Å². The Labute approximate surface area is 132 Å². The first-order valence-electron chi connectivity index (χ1n) is 6.87. The summed E-state index contributed by atoms with van der Waals surface area (Å²) in [5.74, 6) is 0.693. The molecule has 2 aromatic carbocycles. The predicted molar refractivity (Wildman–Crippen MR) is 86.8 cm³/mol. The van der Waals surface area contributed by atoms with Gasteiger partial charge in [0.05, 0.1) is 18.5 Å². The Bertz CT molecular complexity index is 826. The lowest BCUT2D eigenvalue weighted by Gasteiger charge is -2.02. The summed E-state index contributed by atoms with van der Waals surface area (Å²) in [5, 5.41) is 22.3. The maximum Gasteiger partial charge on any atom is 0.222 e. The van der Waals surface area contributed by atoms with Gasteiger partial charge in [0, 0.05) is 0 Å². The Morgan fingerprint density at radius 2 is 1.74 bits per heavy atom. The fourth-order valence-electron chi connectivity index (χ4n) is 2.01. The maximum atomic E-state index is 10.1. The Morgan fingerprint density at radius 1 is 1.04 bits per heavy atom. The van der Waals surface area contributed by atoms with E-state index in [1.165, 1.54) is 4.68 Å². The summed E-state index contributed by atoms with van der Waals surface area (Å²) < 4.78 is 6.53. The number of aromatic nitrogens is 2. The number of aromatic hydroxyl groups is 1. The summed E-state index contributed by atoms with van der Waals surface area (Å²) >= 11 is 0. The van der Waals surface area contributed by atoms with Crippen molar-refractivity contribution < 1.29 is 9.84 Å². The molecule has 0 fully saturated rings. The second kappa shape index (κ2) is 6.18. The third-order valence-corrected chi connectivity index (χ3v) is 3.20. The Morgan fingerprint density at radius 3 is 2.39 bits per heavy atom. The van der Waals surface area contributed by atoms with Crippen molar-refractivity contribution in [1.29, 1.82) is 0 Å². The second-order valence-electron chi connectivity index (χ2n) is 4.70. The highest BCUT2D eigenvalue weighted by Crippen LogP contribution is 2.35. The lowest BCUT2D eigenvalue weighted by Crippen LogP contribution is -1.96. The van der Waals surface area contributed by atoms with Crippen molar-refractivity contribution in [3.05, 3.63) is 54.6 Å². The molecule has 0 saturated heterocycles. The van der Waals surface area contributed by atoms with Crippen LogP contribution in [0, 0.1) is 0 Å². The van der Waals surface area contributed by atoms with Gasteiger partial charge in [0.2, 0.25) is 11.6 Å². The Balaban J connectivity index is 1.97. The average Bonchev–Trinajstić information content (AvgIpc) is 2.89. The molecule has 0 unspecified atom stereocenters. The molecule has 3 rings (SSSR count). The van der Waals surface area contributed by atoms with Gasteiger partial charge in [-0.25, -0.2) is 4.68 Å². The fourth-order valence-corrected chi connectivity index (χ4v) is 2.01. The third-order valence-electron chi connectivity index (χ3n) is 3.20. The van der Waals surface area contributed by atoms with Crippen LogP contribution in [0.5, 0.6) is 11.5 Å². The Kier molecular flexibility index (Phi) is 3.92. The zero-order valence-electron chi connectivity index (χ0n) is 12.4. The van der Waals surface area contributed by atoms with E-state index in [4.69, 9.17) is 10.5 Å². The van der Waals surface area contributed by atoms with Gasteiger partial charge in [-0.3, -0.25) is 0 Å². The second-order valence-corrected chi connectivity index (χ2v) is 4.70. The molecule has 0 spiro atoms. The molecule has 7 heteroatoms. The molecule has 0 aliphatic heterocycles. The van der Waals surface area contributed by atoms with Gasteiger partial charge in [0.15, 0.2) is 5.82 Å². The monoisotopic (exact) mass is 309 g/mol. The van der Waals surface area contributed by atoms with Gasteiger partial charge in [-0.05, 0) is 36.4 Å². The van der Waals surface area contributed by atoms with Crippen molar-refractivity contribution in [3.63, 3.8) is 0 Å². The van der Waals surface area contributed by atoms with E-state index < -0.39 is 0 Å². The molecular formula is C16H15N5O2. The molecule has 0 bridgehead atoms. The van der Waals surface area contributed by atoms with Crippen molar-refractivity contribution in [2.75, 3.05) is 12.8 Å². The van der Waals surface area contributed by atoms with E-state index >= 15 is 0 Å². The molecule has 3 N–H and O–H groups in total. The van der Waals surface area contributed by atoms with Crippen LogP contribution in [0.15, 0.2) is 64.8 Å². The van der Waals surface area contributed by atoms with E-state index in [1.54, 1.807) is 31.4 Å². The Hall–Kier alpha value is -3.35. The van der Waals surface area contributed by atoms with Crippen LogP contribution >= 0.6 is 0 Å². The average molecular weight is 309 g/mol. The van der Waals surface area contributed by atoms with Gasteiger partial charge in [-0.15, -0.1) is 15.3 Å². The van der Waals surface area contributed by atoms with Crippen LogP contribution in [0.25, 0.3) is 5.69 Å². The molecule has 0 atom stereocenters. The minimum absolute atomic E-state index is 0.00228. The first-order valence-corrected chi connectivity index (χ1v) is 6.87. The van der Waals surface area contributed by atoms with Crippen molar-refractivity contribution in [1.82, 2.24) is 9.78 Å². The summed E-state index contributed by atoms with van der Waals surface area (Å²) in [5.41, 5.74) is 7.03. The van der Waals surface area contributed by atoms with Crippen molar-refractivity contribution in [2.45, 2.75) is 0 Å². The summed E-state index contributed by atoms with van der Waals surface area (Å²) in [6, 6.07) is 16.3. The number of nitrogens with two attached hydrogens (primary N) is 1. The minimum atomic E-state index is -0.203. The molecule has 23 heavy (non-hydrogen) atoms. The predicted octanol–water partition coefficient (Wildman–Crippen LogP) is 3.58. The molecule has 0 radical (unpaired) electrons. The highest BCUT2D eigenvalue weighted by atomic mass is 16.5. The van der Waals surface area contributed by atoms with Gasteiger partial charge < -0.3 is 15.6 Å². The van der Waals surface area contributed by atoms with E-state index in [9.17, 15) is 5.11 Å². The van der Waals surface area contributed by atoms with Crippen molar-refractivity contribution >= 4 is 17.3 Å². The number of para-hydroxylation sites is 1. The van der Waals surface area contributed by atoms with Gasteiger partial charge in [0.1, 0.15) is 5.75 Å². The maximum absolute atomic E-state index is 10.1. The number of nitrogen functional groups attached to an aromatic ring is 1. The van der Waals surface area contributed by atoms with E-state index in [0.29, 0.717) is 5.69 Å². The molecule has 0 saturated carbocycles. The SMILES string of the molecule is COc1ccc(N=Nc2c(O)c(N)nn2-c2ccccc2)cc1. The van der Waals surface area contributed by atoms with E-state index in [-0.39, 0.29) is 17.4 Å². The zero-order chi connectivity index (χ0) is 16.2. The smallest absolute Gasteiger partial charge is 0.222 e. The van der Waals surface area contributed by atoms with Crippen LogP contribution < -0.4 is 10.5 Å². The minimum Gasteiger partial charge on any atom is -0.502 e. The van der Waals surface area contributed by atoms with E-state index in [0.717, 1.165) is 11.4 Å². The zero-order valence-corrected chi connectivity index (χ0v) is 12.4. The molecule has 3 aromatic rings. The number of rotatable bonds is 4. The number of ether oxygens (including phenoxy) is 1. The molecule has 0 aliphatic rings. The van der Waals surface area contributed by atoms with Gasteiger partial charge in [0.25, 0.3) is 0 Å². The summed E-state index contributed by atoms with van der Waals surface area (Å²) in [6.07, 6.45) is 0. The van der Waals surface area contributed by atoms with Crippen molar-refractivity contribution in [3.8, 4) is 17.2 Å². The van der Waals surface area contributed by atoms with Crippen LogP contribution in [0.2, 0.25) is 0 Å². The first kappa shape index (κ1) is 14.6. The molecule has 116 valence electrons. The number of benzene rings is 2. The number of anilines is 1. The highest BCUT2D eigenvalue weighted by molar-refractivity contribution is 5.62. The van der Waals surface area contributed by atoms with Crippen LogP contribution in [0.3, 0.4) is 0 Å². The van der Waals surface area contributed by atoms with E-state index in [1.807, 2.05) is 30.3 Å². The number of azo groups is 1. The third kappa shape index (κ3) is 2.98. The largest absolute Gasteiger partial charge is 0.502 e. The first-order chi connectivity index (χ1) is 11.2. The summed E-state index contributed by atoms with van der Waals surface area (Å²) in [7, 11) is 1.59. The van der Waals surface area contributed by atoms with Gasteiger partial charge in [-0.1, -0.05) is 18.2 Å². The molecule has 1 heterocycles. The van der Waals surface area contributed by atoms with Gasteiger partial charge >= 0.3 is 0 Å². The topological polar surface area (TPSA) is 98.0 Å². The lowest BCUT2D eigenvalue weighted by molar-refractivity contribution is 0.415.